The van der Waals surface area contributed by atoms with E-state index in [-0.39, 0.29) is 17.4 Å². The van der Waals surface area contributed by atoms with Gasteiger partial charge in [-0.2, -0.15) is 0 Å². The maximum absolute atomic E-state index is 12.9. The molecule has 2 aliphatic rings. The van der Waals surface area contributed by atoms with Crippen molar-refractivity contribution in [3.8, 4) is 0 Å². The maximum Gasteiger partial charge on any atom is 0.290 e. The van der Waals surface area contributed by atoms with Crippen LogP contribution in [0.4, 0.5) is 0 Å². The lowest BCUT2D eigenvalue weighted by Gasteiger charge is -2.28. The fourth-order valence-corrected chi connectivity index (χ4v) is 3.51. The van der Waals surface area contributed by atoms with Crippen LogP contribution in [0.2, 0.25) is 0 Å². The lowest BCUT2D eigenvalue weighted by molar-refractivity contribution is -0.131. The van der Waals surface area contributed by atoms with Gasteiger partial charge >= 0.3 is 0 Å². The van der Waals surface area contributed by atoms with Crippen molar-refractivity contribution in [3.63, 3.8) is 0 Å². The first-order chi connectivity index (χ1) is 12.7. The molecular weight excluding hydrogens is 336 g/mol. The minimum Gasteiger partial charge on any atom is -0.503 e. The van der Waals surface area contributed by atoms with Crippen molar-refractivity contribution in [2.24, 2.45) is 0 Å². The predicted molar refractivity (Wildman–Crippen MR) is 90.4 cm³/mol. The van der Waals surface area contributed by atoms with Crippen LogP contribution in [0.15, 0.2) is 58.7 Å². The number of ether oxygens (including phenoxy) is 1. The molecule has 4 heterocycles. The molecule has 134 valence electrons. The number of nitrogens with zero attached hydrogens (tertiary/aromatic N) is 2. The standard InChI is InChI=1S/C19H18N2O5/c22-17(14-4-2-10-26-14)15-16(12-5-7-20-8-6-12)21(19(24)18(15)23)11-13-3-1-9-25-13/h2,4-8,10,13,16,23H,1,3,9,11H2. The van der Waals surface area contributed by atoms with Crippen molar-refractivity contribution in [1.82, 2.24) is 9.88 Å². The quantitative estimate of drug-likeness (QED) is 0.829. The van der Waals surface area contributed by atoms with Gasteiger partial charge in [-0.1, -0.05) is 0 Å². The summed E-state index contributed by atoms with van der Waals surface area (Å²) in [5, 5.41) is 10.5. The van der Waals surface area contributed by atoms with Gasteiger partial charge < -0.3 is 19.2 Å². The van der Waals surface area contributed by atoms with Crippen molar-refractivity contribution in [2.75, 3.05) is 13.2 Å². The van der Waals surface area contributed by atoms with Crippen molar-refractivity contribution in [1.29, 1.82) is 0 Å². The Bertz CT molecular complexity index is 838. The average Bonchev–Trinajstić information content (AvgIpc) is 3.40. The minimum atomic E-state index is -0.702. The molecule has 1 amide bonds. The van der Waals surface area contributed by atoms with Gasteiger partial charge in [-0.3, -0.25) is 14.6 Å². The summed E-state index contributed by atoms with van der Waals surface area (Å²) in [5.41, 5.74) is 0.722. The highest BCUT2D eigenvalue weighted by Gasteiger charge is 2.45. The first-order valence-corrected chi connectivity index (χ1v) is 8.50. The highest BCUT2D eigenvalue weighted by Crippen LogP contribution is 2.39. The molecule has 1 N–H and O–H groups in total. The van der Waals surface area contributed by atoms with Gasteiger partial charge in [0.1, 0.15) is 0 Å². The van der Waals surface area contributed by atoms with Crippen LogP contribution in [-0.4, -0.2) is 45.9 Å². The Kier molecular flexibility index (Phi) is 4.30. The second-order valence-corrected chi connectivity index (χ2v) is 6.34. The lowest BCUT2D eigenvalue weighted by Crippen LogP contribution is -2.37. The molecule has 1 fully saturated rings. The topological polar surface area (TPSA) is 92.9 Å². The second-order valence-electron chi connectivity index (χ2n) is 6.34. The van der Waals surface area contributed by atoms with E-state index in [0.29, 0.717) is 18.7 Å². The van der Waals surface area contributed by atoms with Crippen molar-refractivity contribution in [2.45, 2.75) is 25.0 Å². The zero-order valence-corrected chi connectivity index (χ0v) is 14.0. The predicted octanol–water partition coefficient (Wildman–Crippen LogP) is 2.43. The fourth-order valence-electron chi connectivity index (χ4n) is 3.51. The van der Waals surface area contributed by atoms with Crippen LogP contribution in [0.5, 0.6) is 0 Å². The Balaban J connectivity index is 1.74. The van der Waals surface area contributed by atoms with Gasteiger partial charge in [0.25, 0.3) is 5.91 Å². The van der Waals surface area contributed by atoms with Crippen molar-refractivity contribution >= 4 is 11.7 Å². The SMILES string of the molecule is O=C(C1=C(O)C(=O)N(CC2CCCO2)C1c1ccncc1)c1ccco1. The van der Waals surface area contributed by atoms with E-state index in [2.05, 4.69) is 4.98 Å². The lowest BCUT2D eigenvalue weighted by atomic mass is 9.95. The van der Waals surface area contributed by atoms with Gasteiger partial charge in [0, 0.05) is 25.5 Å². The molecule has 0 spiro atoms. The van der Waals surface area contributed by atoms with Gasteiger partial charge in [0.15, 0.2) is 11.5 Å². The molecule has 2 atom stereocenters. The summed E-state index contributed by atoms with van der Waals surface area (Å²) in [5.74, 6) is -1.53. The summed E-state index contributed by atoms with van der Waals surface area (Å²) in [6, 6.07) is 5.86. The van der Waals surface area contributed by atoms with Gasteiger partial charge in [-0.15, -0.1) is 0 Å². The number of aliphatic hydroxyl groups is 1. The molecule has 2 aromatic rings. The monoisotopic (exact) mass is 354 g/mol. The van der Waals surface area contributed by atoms with Crippen LogP contribution in [0.3, 0.4) is 0 Å². The van der Waals surface area contributed by atoms with Crippen LogP contribution in [0, 0.1) is 0 Å². The molecule has 2 aliphatic heterocycles. The van der Waals surface area contributed by atoms with E-state index in [1.165, 1.54) is 17.2 Å². The molecule has 4 rings (SSSR count). The molecule has 2 aromatic heterocycles. The zero-order valence-electron chi connectivity index (χ0n) is 14.0. The van der Waals surface area contributed by atoms with Crippen molar-refractivity contribution < 1.29 is 23.8 Å². The van der Waals surface area contributed by atoms with Crippen LogP contribution in [-0.2, 0) is 9.53 Å². The number of rotatable bonds is 5. The van der Waals surface area contributed by atoms with E-state index in [1.807, 2.05) is 0 Å². The Morgan fingerprint density at radius 1 is 1.31 bits per heavy atom. The smallest absolute Gasteiger partial charge is 0.290 e. The van der Waals surface area contributed by atoms with Gasteiger partial charge in [-0.05, 0) is 42.7 Å². The largest absolute Gasteiger partial charge is 0.503 e. The van der Waals surface area contributed by atoms with Crippen LogP contribution < -0.4 is 0 Å². The maximum atomic E-state index is 12.9. The van der Waals surface area contributed by atoms with Gasteiger partial charge in [0.2, 0.25) is 5.78 Å². The Morgan fingerprint density at radius 2 is 2.12 bits per heavy atom. The molecule has 0 saturated carbocycles. The third-order valence-electron chi connectivity index (χ3n) is 4.74. The number of amides is 1. The van der Waals surface area contributed by atoms with Crippen LogP contribution >= 0.6 is 0 Å². The summed E-state index contributed by atoms with van der Waals surface area (Å²) in [4.78, 5) is 31.1. The number of pyridine rings is 1. The average molecular weight is 354 g/mol. The summed E-state index contributed by atoms with van der Waals surface area (Å²) >= 11 is 0. The first-order valence-electron chi connectivity index (χ1n) is 8.50. The number of carbonyl (C=O) groups excluding carboxylic acids is 2. The number of hydrogen-bond donors (Lipinski definition) is 1. The van der Waals surface area contributed by atoms with E-state index in [9.17, 15) is 14.7 Å². The number of carbonyl (C=O) groups is 2. The third kappa shape index (κ3) is 2.80. The molecule has 0 aliphatic carbocycles. The zero-order chi connectivity index (χ0) is 18.1. The summed E-state index contributed by atoms with van der Waals surface area (Å²) in [7, 11) is 0. The summed E-state index contributed by atoms with van der Waals surface area (Å²) in [6.07, 6.45) is 6.24. The highest BCUT2D eigenvalue weighted by atomic mass is 16.5. The molecule has 0 radical (unpaired) electrons. The van der Waals surface area contributed by atoms with Gasteiger partial charge in [0.05, 0.1) is 24.0 Å². The third-order valence-corrected chi connectivity index (χ3v) is 4.74. The van der Waals surface area contributed by atoms with E-state index < -0.39 is 23.5 Å². The number of aromatic nitrogens is 1. The number of aliphatic hydroxyl groups excluding tert-OH is 1. The number of furan rings is 1. The summed E-state index contributed by atoms with van der Waals surface area (Å²) < 4.78 is 10.8. The Hall–Kier alpha value is -2.93. The van der Waals surface area contributed by atoms with E-state index in [0.717, 1.165) is 12.8 Å². The first kappa shape index (κ1) is 16.5. The van der Waals surface area contributed by atoms with E-state index in [1.54, 1.807) is 30.6 Å². The fraction of sp³-hybridized carbons (Fsp3) is 0.316. The molecule has 7 nitrogen and oxygen atoms in total. The number of Topliss-reactive ketones (excluding diaryl/α,β-unsaturated/α-hetero) is 1. The van der Waals surface area contributed by atoms with Crippen LogP contribution in [0.1, 0.15) is 35.0 Å². The van der Waals surface area contributed by atoms with E-state index in [4.69, 9.17) is 9.15 Å². The molecule has 0 aromatic carbocycles. The van der Waals surface area contributed by atoms with Crippen molar-refractivity contribution in [3.05, 3.63) is 65.6 Å². The molecule has 7 heteroatoms. The second kappa shape index (κ2) is 6.76. The molecule has 2 unspecified atom stereocenters. The summed E-state index contributed by atoms with van der Waals surface area (Å²) in [6.45, 7) is 0.967. The molecule has 1 saturated heterocycles. The van der Waals surface area contributed by atoms with E-state index >= 15 is 0 Å². The van der Waals surface area contributed by atoms with Gasteiger partial charge in [-0.25, -0.2) is 0 Å². The molecular formula is C19H18N2O5. The number of hydrogen-bond acceptors (Lipinski definition) is 6. The highest BCUT2D eigenvalue weighted by molar-refractivity contribution is 6.15. The molecule has 0 bridgehead atoms. The Morgan fingerprint density at radius 3 is 2.77 bits per heavy atom. The molecule has 26 heavy (non-hydrogen) atoms. The van der Waals surface area contributed by atoms with Crippen LogP contribution in [0.25, 0.3) is 0 Å². The normalized spacial score (nSPS) is 23.1. The Labute approximate surface area is 149 Å². The number of ketones is 1. The minimum absolute atomic E-state index is 0.0224.